The number of nitrogens with zero attached hydrogens (tertiary/aromatic N) is 3. The molecule has 0 spiro atoms. The van der Waals surface area contributed by atoms with E-state index in [1.807, 2.05) is 7.05 Å². The molecular weight excluding hydrogens is 354 g/mol. The van der Waals surface area contributed by atoms with Gasteiger partial charge < -0.3 is 19.6 Å². The number of hydrogen-bond donors (Lipinski definition) is 2. The maximum absolute atomic E-state index is 12.2. The van der Waals surface area contributed by atoms with Crippen LogP contribution >= 0.6 is 11.8 Å². The molecule has 26 heavy (non-hydrogen) atoms. The van der Waals surface area contributed by atoms with Crippen molar-refractivity contribution in [3.63, 3.8) is 0 Å². The molecule has 0 radical (unpaired) electrons. The van der Waals surface area contributed by atoms with E-state index in [1.165, 1.54) is 11.8 Å². The average Bonchev–Trinajstić information content (AvgIpc) is 3.30. The summed E-state index contributed by atoms with van der Waals surface area (Å²) in [5, 5.41) is 13.9. The number of furan rings is 1. The van der Waals surface area contributed by atoms with E-state index in [9.17, 15) is 9.59 Å². The topological polar surface area (TPSA) is 102 Å². The van der Waals surface area contributed by atoms with Crippen molar-refractivity contribution in [2.24, 2.45) is 7.05 Å². The lowest BCUT2D eigenvalue weighted by atomic mass is 10.2. The molecule has 1 aromatic carbocycles. The second-order valence-electron chi connectivity index (χ2n) is 5.40. The van der Waals surface area contributed by atoms with Crippen LogP contribution in [0, 0.1) is 0 Å². The second kappa shape index (κ2) is 8.34. The predicted octanol–water partition coefficient (Wildman–Crippen LogP) is 2.07. The van der Waals surface area contributed by atoms with Crippen LogP contribution in [0.1, 0.15) is 16.1 Å². The lowest BCUT2D eigenvalue weighted by Crippen LogP contribution is -2.23. The zero-order valence-electron chi connectivity index (χ0n) is 14.0. The lowest BCUT2D eigenvalue weighted by molar-refractivity contribution is -0.113. The first kappa shape index (κ1) is 17.7. The lowest BCUT2D eigenvalue weighted by Gasteiger charge is -2.08. The summed E-state index contributed by atoms with van der Waals surface area (Å²) < 4.78 is 6.91. The fourth-order valence-corrected chi connectivity index (χ4v) is 2.84. The Labute approximate surface area is 154 Å². The number of aryl methyl sites for hydroxylation is 1. The SMILES string of the molecule is Cn1cnnc1SCC(=O)Nc1cccc(C(=O)NCc2ccco2)c1. The third-order valence-electron chi connectivity index (χ3n) is 3.41. The van der Waals surface area contributed by atoms with Gasteiger partial charge in [-0.05, 0) is 30.3 Å². The number of nitrogens with one attached hydrogen (secondary N) is 2. The minimum Gasteiger partial charge on any atom is -0.467 e. The van der Waals surface area contributed by atoms with Gasteiger partial charge in [-0.25, -0.2) is 0 Å². The third-order valence-corrected chi connectivity index (χ3v) is 4.45. The molecule has 0 atom stereocenters. The number of amides is 2. The fraction of sp³-hybridized carbons (Fsp3) is 0.176. The highest BCUT2D eigenvalue weighted by Gasteiger charge is 2.10. The number of aromatic nitrogens is 3. The van der Waals surface area contributed by atoms with E-state index >= 15 is 0 Å². The highest BCUT2D eigenvalue weighted by atomic mass is 32.2. The molecule has 3 rings (SSSR count). The van der Waals surface area contributed by atoms with Crippen LogP contribution in [0.15, 0.2) is 58.6 Å². The van der Waals surface area contributed by atoms with Crippen molar-refractivity contribution in [2.75, 3.05) is 11.1 Å². The molecule has 0 fully saturated rings. The van der Waals surface area contributed by atoms with Crippen molar-refractivity contribution in [2.45, 2.75) is 11.7 Å². The van der Waals surface area contributed by atoms with Crippen LogP contribution in [0.4, 0.5) is 5.69 Å². The van der Waals surface area contributed by atoms with Gasteiger partial charge in [0.05, 0.1) is 18.6 Å². The second-order valence-corrected chi connectivity index (χ2v) is 6.35. The first-order chi connectivity index (χ1) is 12.6. The van der Waals surface area contributed by atoms with Crippen molar-refractivity contribution in [1.29, 1.82) is 0 Å². The van der Waals surface area contributed by atoms with Gasteiger partial charge in [0, 0.05) is 18.3 Å². The van der Waals surface area contributed by atoms with E-state index in [4.69, 9.17) is 4.42 Å². The van der Waals surface area contributed by atoms with Crippen molar-refractivity contribution in [3.05, 3.63) is 60.3 Å². The van der Waals surface area contributed by atoms with Gasteiger partial charge in [0.1, 0.15) is 12.1 Å². The van der Waals surface area contributed by atoms with E-state index in [2.05, 4.69) is 20.8 Å². The molecule has 2 aromatic heterocycles. The van der Waals surface area contributed by atoms with Crippen LogP contribution in [-0.2, 0) is 18.4 Å². The van der Waals surface area contributed by atoms with Gasteiger partial charge in [-0.15, -0.1) is 10.2 Å². The largest absolute Gasteiger partial charge is 0.467 e. The van der Waals surface area contributed by atoms with Crippen molar-refractivity contribution >= 4 is 29.3 Å². The van der Waals surface area contributed by atoms with Gasteiger partial charge >= 0.3 is 0 Å². The monoisotopic (exact) mass is 371 g/mol. The first-order valence-corrected chi connectivity index (χ1v) is 8.77. The predicted molar refractivity (Wildman–Crippen MR) is 96.7 cm³/mol. The molecule has 0 saturated heterocycles. The van der Waals surface area contributed by atoms with Crippen LogP contribution in [0.3, 0.4) is 0 Å². The van der Waals surface area contributed by atoms with Gasteiger partial charge in [-0.3, -0.25) is 9.59 Å². The summed E-state index contributed by atoms with van der Waals surface area (Å²) in [5.41, 5.74) is 1.01. The summed E-state index contributed by atoms with van der Waals surface area (Å²) >= 11 is 1.29. The molecule has 2 heterocycles. The Hall–Kier alpha value is -3.07. The minimum absolute atomic E-state index is 0.189. The normalized spacial score (nSPS) is 10.5. The smallest absolute Gasteiger partial charge is 0.251 e. The van der Waals surface area contributed by atoms with Gasteiger partial charge in [0.25, 0.3) is 5.91 Å². The molecule has 3 aromatic rings. The van der Waals surface area contributed by atoms with Crippen molar-refractivity contribution in [1.82, 2.24) is 20.1 Å². The quantitative estimate of drug-likeness (QED) is 0.617. The van der Waals surface area contributed by atoms with Crippen LogP contribution in [0.2, 0.25) is 0 Å². The molecule has 2 amide bonds. The van der Waals surface area contributed by atoms with Crippen LogP contribution in [-0.4, -0.2) is 32.3 Å². The van der Waals surface area contributed by atoms with Gasteiger partial charge in [-0.2, -0.15) is 0 Å². The number of carbonyl (C=O) groups excluding carboxylic acids is 2. The Bertz CT molecular complexity index is 891. The van der Waals surface area contributed by atoms with Crippen LogP contribution in [0.25, 0.3) is 0 Å². The van der Waals surface area contributed by atoms with Gasteiger partial charge in [0.15, 0.2) is 5.16 Å². The average molecular weight is 371 g/mol. The number of thioether (sulfide) groups is 1. The van der Waals surface area contributed by atoms with Crippen LogP contribution < -0.4 is 10.6 Å². The molecule has 8 nitrogen and oxygen atoms in total. The molecule has 134 valence electrons. The van der Waals surface area contributed by atoms with Crippen LogP contribution in [0.5, 0.6) is 0 Å². The summed E-state index contributed by atoms with van der Waals surface area (Å²) in [7, 11) is 1.81. The summed E-state index contributed by atoms with van der Waals surface area (Å²) in [6.45, 7) is 0.302. The maximum atomic E-state index is 12.2. The van der Waals surface area contributed by atoms with Crippen molar-refractivity contribution in [3.8, 4) is 0 Å². The number of hydrogen-bond acceptors (Lipinski definition) is 6. The zero-order valence-corrected chi connectivity index (χ0v) is 14.8. The fourth-order valence-electron chi connectivity index (χ4n) is 2.15. The number of rotatable bonds is 7. The third kappa shape index (κ3) is 4.73. The molecule has 2 N–H and O–H groups in total. The summed E-state index contributed by atoms with van der Waals surface area (Å²) in [5.74, 6) is 0.433. The highest BCUT2D eigenvalue weighted by Crippen LogP contribution is 2.15. The first-order valence-electron chi connectivity index (χ1n) is 7.79. The summed E-state index contributed by atoms with van der Waals surface area (Å²) in [4.78, 5) is 24.3. The summed E-state index contributed by atoms with van der Waals surface area (Å²) in [6, 6.07) is 10.3. The van der Waals surface area contributed by atoms with E-state index < -0.39 is 0 Å². The molecule has 0 saturated carbocycles. The highest BCUT2D eigenvalue weighted by molar-refractivity contribution is 7.99. The van der Waals surface area contributed by atoms with Gasteiger partial charge in [-0.1, -0.05) is 17.8 Å². The Morgan fingerprint density at radius 3 is 2.88 bits per heavy atom. The standard InChI is InChI=1S/C17H17N5O3S/c1-22-11-19-21-17(22)26-10-15(23)20-13-5-2-4-12(8-13)16(24)18-9-14-6-3-7-25-14/h2-8,11H,9-10H2,1H3,(H,18,24)(H,20,23). The number of benzene rings is 1. The summed E-state index contributed by atoms with van der Waals surface area (Å²) in [6.07, 6.45) is 3.13. The Kier molecular flexibility index (Phi) is 5.69. The molecular formula is C17H17N5O3S. The van der Waals surface area contributed by atoms with E-state index in [0.717, 1.165) is 0 Å². The molecule has 0 bridgehead atoms. The minimum atomic E-state index is -0.244. The number of anilines is 1. The molecule has 9 heteroatoms. The Morgan fingerprint density at radius 1 is 1.27 bits per heavy atom. The van der Waals surface area contributed by atoms with E-state index in [0.29, 0.717) is 28.7 Å². The van der Waals surface area contributed by atoms with E-state index in [1.54, 1.807) is 53.6 Å². The molecule has 0 aliphatic rings. The molecule has 0 aliphatic carbocycles. The Balaban J connectivity index is 1.53. The van der Waals surface area contributed by atoms with Gasteiger partial charge in [0.2, 0.25) is 5.91 Å². The molecule has 0 unspecified atom stereocenters. The Morgan fingerprint density at radius 2 is 2.15 bits per heavy atom. The van der Waals surface area contributed by atoms with E-state index in [-0.39, 0.29) is 17.6 Å². The zero-order chi connectivity index (χ0) is 18.4. The van der Waals surface area contributed by atoms with Crippen molar-refractivity contribution < 1.29 is 14.0 Å². The number of carbonyl (C=O) groups is 2. The maximum Gasteiger partial charge on any atom is 0.251 e. The molecule has 0 aliphatic heterocycles.